The van der Waals surface area contributed by atoms with Gasteiger partial charge in [-0.1, -0.05) is 5.16 Å². The number of aromatic nitrogens is 1. The summed E-state index contributed by atoms with van der Waals surface area (Å²) in [6, 6.07) is 5.08. The van der Waals surface area contributed by atoms with Crippen LogP contribution >= 0.6 is 0 Å². The molecule has 1 atom stereocenters. The highest BCUT2D eigenvalue weighted by Crippen LogP contribution is 2.26. The van der Waals surface area contributed by atoms with E-state index in [9.17, 15) is 5.11 Å². The van der Waals surface area contributed by atoms with Crippen molar-refractivity contribution in [1.82, 2.24) is 10.5 Å². The molecule has 1 aromatic heterocycles. The molecule has 0 fully saturated rings. The van der Waals surface area contributed by atoms with E-state index in [0.717, 1.165) is 16.7 Å². The fraction of sp³-hybridized carbons (Fsp3) is 0.300. The zero-order valence-corrected chi connectivity index (χ0v) is 8.11. The molecule has 2 rings (SSSR count). The van der Waals surface area contributed by atoms with Gasteiger partial charge in [-0.2, -0.15) is 0 Å². The average Bonchev–Trinajstić information content (AvgIpc) is 2.59. The summed E-state index contributed by atoms with van der Waals surface area (Å²) in [7, 11) is 1.85. The van der Waals surface area contributed by atoms with Gasteiger partial charge in [-0.05, 0) is 32.2 Å². The van der Waals surface area contributed by atoms with Crippen LogP contribution in [0, 0.1) is 0 Å². The van der Waals surface area contributed by atoms with Crippen LogP contribution in [0.15, 0.2) is 22.7 Å². The van der Waals surface area contributed by atoms with E-state index in [-0.39, 0.29) is 11.8 Å². The van der Waals surface area contributed by atoms with E-state index in [4.69, 9.17) is 4.52 Å². The molecule has 14 heavy (non-hydrogen) atoms. The third-order valence-electron chi connectivity index (χ3n) is 2.31. The van der Waals surface area contributed by atoms with Gasteiger partial charge in [0, 0.05) is 0 Å². The summed E-state index contributed by atoms with van der Waals surface area (Å²) < 4.78 is 5.20. The van der Waals surface area contributed by atoms with Crippen LogP contribution in [-0.2, 0) is 0 Å². The number of nitrogens with zero attached hydrogens (tertiary/aromatic N) is 1. The minimum Gasteiger partial charge on any atom is -0.508 e. The van der Waals surface area contributed by atoms with Gasteiger partial charge in [-0.25, -0.2) is 0 Å². The third-order valence-corrected chi connectivity index (χ3v) is 2.31. The standard InChI is InChI=1S/C10H12N2O2/c1-6(11-2)10-8-5-7(13)3-4-9(8)12-14-10/h3-6,11,13H,1-2H3. The Bertz CT molecular complexity index is 450. The molecular formula is C10H12N2O2. The monoisotopic (exact) mass is 192 g/mol. The minimum absolute atomic E-state index is 0.0850. The third kappa shape index (κ3) is 1.33. The molecule has 0 saturated carbocycles. The highest BCUT2D eigenvalue weighted by atomic mass is 16.5. The maximum absolute atomic E-state index is 9.34. The van der Waals surface area contributed by atoms with Gasteiger partial charge in [0.05, 0.1) is 11.4 Å². The zero-order chi connectivity index (χ0) is 10.1. The lowest BCUT2D eigenvalue weighted by atomic mass is 10.1. The lowest BCUT2D eigenvalue weighted by molar-refractivity contribution is 0.360. The number of phenolic OH excluding ortho intramolecular Hbond substituents is 1. The zero-order valence-electron chi connectivity index (χ0n) is 8.11. The SMILES string of the molecule is CNC(C)c1onc2ccc(O)cc12. The molecule has 1 heterocycles. The molecule has 0 radical (unpaired) electrons. The van der Waals surface area contributed by atoms with E-state index in [1.165, 1.54) is 0 Å². The van der Waals surface area contributed by atoms with E-state index >= 15 is 0 Å². The number of nitrogens with one attached hydrogen (secondary N) is 1. The number of aromatic hydroxyl groups is 1. The summed E-state index contributed by atoms with van der Waals surface area (Å²) in [4.78, 5) is 0. The molecule has 0 bridgehead atoms. The number of benzene rings is 1. The van der Waals surface area contributed by atoms with Crippen molar-refractivity contribution >= 4 is 10.9 Å². The lowest BCUT2D eigenvalue weighted by Gasteiger charge is -2.04. The molecule has 4 nitrogen and oxygen atoms in total. The van der Waals surface area contributed by atoms with E-state index in [1.54, 1.807) is 18.2 Å². The largest absolute Gasteiger partial charge is 0.508 e. The smallest absolute Gasteiger partial charge is 0.161 e. The number of hydrogen-bond acceptors (Lipinski definition) is 4. The van der Waals surface area contributed by atoms with Gasteiger partial charge < -0.3 is 14.9 Å². The Morgan fingerprint density at radius 2 is 2.29 bits per heavy atom. The highest BCUT2D eigenvalue weighted by Gasteiger charge is 2.13. The topological polar surface area (TPSA) is 58.3 Å². The van der Waals surface area contributed by atoms with E-state index in [0.29, 0.717) is 0 Å². The first-order valence-corrected chi connectivity index (χ1v) is 4.48. The molecular weight excluding hydrogens is 180 g/mol. The van der Waals surface area contributed by atoms with Crippen LogP contribution in [0.5, 0.6) is 5.75 Å². The Kier molecular flexibility index (Phi) is 2.13. The summed E-state index contributed by atoms with van der Waals surface area (Å²) >= 11 is 0. The predicted molar refractivity (Wildman–Crippen MR) is 53.1 cm³/mol. The first-order chi connectivity index (χ1) is 6.72. The van der Waals surface area contributed by atoms with Crippen LogP contribution in [0.2, 0.25) is 0 Å². The van der Waals surface area contributed by atoms with Gasteiger partial charge in [0.2, 0.25) is 0 Å². The van der Waals surface area contributed by atoms with Gasteiger partial charge in [-0.3, -0.25) is 0 Å². The van der Waals surface area contributed by atoms with E-state index in [2.05, 4.69) is 10.5 Å². The van der Waals surface area contributed by atoms with E-state index < -0.39 is 0 Å². The number of fused-ring (bicyclic) bond motifs is 1. The molecule has 1 aromatic carbocycles. The molecule has 0 saturated heterocycles. The van der Waals surface area contributed by atoms with Crippen molar-refractivity contribution in [2.45, 2.75) is 13.0 Å². The fourth-order valence-corrected chi connectivity index (χ4v) is 1.39. The van der Waals surface area contributed by atoms with Crippen molar-refractivity contribution in [2.75, 3.05) is 7.05 Å². The molecule has 0 aliphatic heterocycles. The van der Waals surface area contributed by atoms with Crippen molar-refractivity contribution in [3.8, 4) is 5.75 Å². The molecule has 0 aliphatic rings. The van der Waals surface area contributed by atoms with Crippen molar-refractivity contribution in [3.05, 3.63) is 24.0 Å². The Hall–Kier alpha value is -1.55. The Morgan fingerprint density at radius 3 is 3.00 bits per heavy atom. The second kappa shape index (κ2) is 3.31. The van der Waals surface area contributed by atoms with Crippen molar-refractivity contribution in [3.63, 3.8) is 0 Å². The summed E-state index contributed by atoms with van der Waals surface area (Å²) in [5, 5.41) is 17.2. The normalized spacial score (nSPS) is 13.3. The van der Waals surface area contributed by atoms with Gasteiger partial charge in [0.1, 0.15) is 11.3 Å². The highest BCUT2D eigenvalue weighted by molar-refractivity contribution is 5.82. The van der Waals surface area contributed by atoms with Gasteiger partial charge >= 0.3 is 0 Å². The predicted octanol–water partition coefficient (Wildman–Crippen LogP) is 1.81. The molecule has 1 unspecified atom stereocenters. The summed E-state index contributed by atoms with van der Waals surface area (Å²) in [6.07, 6.45) is 0. The molecule has 0 aliphatic carbocycles. The van der Waals surface area contributed by atoms with Crippen molar-refractivity contribution in [2.24, 2.45) is 0 Å². The van der Waals surface area contributed by atoms with E-state index in [1.807, 2.05) is 14.0 Å². The van der Waals surface area contributed by atoms with Crippen LogP contribution in [0.4, 0.5) is 0 Å². The molecule has 2 N–H and O–H groups in total. The quantitative estimate of drug-likeness (QED) is 0.761. The van der Waals surface area contributed by atoms with Crippen molar-refractivity contribution < 1.29 is 9.63 Å². The average molecular weight is 192 g/mol. The second-order valence-electron chi connectivity index (χ2n) is 3.26. The summed E-state index contributed by atoms with van der Waals surface area (Å²) in [5.41, 5.74) is 0.764. The van der Waals surface area contributed by atoms with Crippen LogP contribution in [0.3, 0.4) is 0 Å². The van der Waals surface area contributed by atoms with Crippen LogP contribution in [-0.4, -0.2) is 17.3 Å². The van der Waals surface area contributed by atoms with Gasteiger partial charge in [0.25, 0.3) is 0 Å². The minimum atomic E-state index is 0.0850. The number of rotatable bonds is 2. The molecule has 0 amide bonds. The molecule has 4 heteroatoms. The molecule has 0 spiro atoms. The van der Waals surface area contributed by atoms with Crippen LogP contribution in [0.1, 0.15) is 18.7 Å². The van der Waals surface area contributed by atoms with Gasteiger partial charge in [0.15, 0.2) is 5.76 Å². The van der Waals surface area contributed by atoms with Gasteiger partial charge in [-0.15, -0.1) is 0 Å². The molecule has 2 aromatic rings. The maximum Gasteiger partial charge on any atom is 0.161 e. The first kappa shape index (κ1) is 9.02. The number of phenols is 1. The first-order valence-electron chi connectivity index (χ1n) is 4.48. The maximum atomic E-state index is 9.34. The molecule has 74 valence electrons. The Balaban J connectivity index is 2.61. The van der Waals surface area contributed by atoms with Crippen LogP contribution in [0.25, 0.3) is 10.9 Å². The fourth-order valence-electron chi connectivity index (χ4n) is 1.39. The lowest BCUT2D eigenvalue weighted by Crippen LogP contribution is -2.11. The Labute approximate surface area is 81.5 Å². The number of hydrogen-bond donors (Lipinski definition) is 2. The summed E-state index contributed by atoms with van der Waals surface area (Å²) in [5.74, 6) is 0.976. The second-order valence-corrected chi connectivity index (χ2v) is 3.26. The summed E-state index contributed by atoms with van der Waals surface area (Å²) in [6.45, 7) is 1.98. The Morgan fingerprint density at radius 1 is 1.50 bits per heavy atom. The van der Waals surface area contributed by atoms with Crippen LogP contribution < -0.4 is 5.32 Å². The van der Waals surface area contributed by atoms with Crippen molar-refractivity contribution in [1.29, 1.82) is 0 Å².